The van der Waals surface area contributed by atoms with E-state index in [1.165, 1.54) is 12.4 Å². The van der Waals surface area contributed by atoms with Gasteiger partial charge in [0.15, 0.2) is 0 Å². The minimum atomic E-state index is -0.145. The van der Waals surface area contributed by atoms with Gasteiger partial charge >= 0.3 is 0 Å². The number of anilines is 2. The molecule has 0 amide bonds. The third-order valence-corrected chi connectivity index (χ3v) is 3.76. The van der Waals surface area contributed by atoms with E-state index >= 15 is 0 Å². The maximum atomic E-state index is 13.6. The Kier molecular flexibility index (Phi) is 3.22. The molecule has 5 nitrogen and oxygen atoms in total. The summed E-state index contributed by atoms with van der Waals surface area (Å²) in [7, 11) is 0. The van der Waals surface area contributed by atoms with Crippen molar-refractivity contribution in [3.8, 4) is 0 Å². The Morgan fingerprint density at radius 3 is 3.00 bits per heavy atom. The molecular formula is C14H16FN5. The highest BCUT2D eigenvalue weighted by molar-refractivity contribution is 5.43. The summed E-state index contributed by atoms with van der Waals surface area (Å²) in [5, 5.41) is 3.26. The lowest BCUT2D eigenvalue weighted by atomic mass is 9.85. The van der Waals surface area contributed by atoms with Crippen molar-refractivity contribution in [3.63, 3.8) is 0 Å². The number of rotatable bonds is 2. The largest absolute Gasteiger partial charge is 0.368 e. The van der Waals surface area contributed by atoms with E-state index in [2.05, 4.69) is 20.3 Å². The second-order valence-corrected chi connectivity index (χ2v) is 5.00. The van der Waals surface area contributed by atoms with Crippen LogP contribution in [0, 0.1) is 12.7 Å². The van der Waals surface area contributed by atoms with E-state index in [1.54, 1.807) is 0 Å². The fourth-order valence-corrected chi connectivity index (χ4v) is 2.73. The summed E-state index contributed by atoms with van der Waals surface area (Å²) in [5.74, 6) is 0.500. The van der Waals surface area contributed by atoms with Crippen LogP contribution in [0.3, 0.4) is 0 Å². The number of hydrogen-bond acceptors (Lipinski definition) is 5. The van der Waals surface area contributed by atoms with Gasteiger partial charge in [-0.05, 0) is 48.9 Å². The molecule has 3 rings (SSSR count). The molecular weight excluding hydrogens is 257 g/mol. The number of halogens is 1. The van der Waals surface area contributed by atoms with Crippen molar-refractivity contribution in [2.75, 3.05) is 11.1 Å². The second-order valence-electron chi connectivity index (χ2n) is 5.00. The Morgan fingerprint density at radius 2 is 2.20 bits per heavy atom. The maximum Gasteiger partial charge on any atom is 0.227 e. The molecule has 1 atom stereocenters. The van der Waals surface area contributed by atoms with E-state index in [-0.39, 0.29) is 17.8 Å². The number of nitrogens with one attached hydrogen (secondary N) is 1. The number of benzene rings is 1. The van der Waals surface area contributed by atoms with Crippen LogP contribution >= 0.6 is 0 Å². The van der Waals surface area contributed by atoms with Crippen molar-refractivity contribution in [2.45, 2.75) is 32.2 Å². The predicted octanol–water partition coefficient (Wildman–Crippen LogP) is 2.39. The Bertz CT molecular complexity index is 643. The molecule has 20 heavy (non-hydrogen) atoms. The van der Waals surface area contributed by atoms with E-state index in [1.807, 2.05) is 13.0 Å². The van der Waals surface area contributed by atoms with Gasteiger partial charge in [-0.3, -0.25) is 0 Å². The van der Waals surface area contributed by atoms with Crippen molar-refractivity contribution in [3.05, 3.63) is 41.0 Å². The van der Waals surface area contributed by atoms with Crippen LogP contribution in [0.4, 0.5) is 16.3 Å². The summed E-state index contributed by atoms with van der Waals surface area (Å²) in [4.78, 5) is 11.9. The quantitative estimate of drug-likeness (QED) is 0.878. The average molecular weight is 273 g/mol. The van der Waals surface area contributed by atoms with Gasteiger partial charge in [-0.25, -0.2) is 14.4 Å². The van der Waals surface area contributed by atoms with Gasteiger partial charge in [0.2, 0.25) is 11.9 Å². The first-order valence-corrected chi connectivity index (χ1v) is 6.64. The molecule has 0 spiro atoms. The lowest BCUT2D eigenvalue weighted by molar-refractivity contribution is 0.572. The van der Waals surface area contributed by atoms with Gasteiger partial charge in [0.05, 0.1) is 6.04 Å². The minimum absolute atomic E-state index is 0.0832. The molecule has 0 aliphatic heterocycles. The minimum Gasteiger partial charge on any atom is -0.368 e. The first-order chi connectivity index (χ1) is 9.65. The van der Waals surface area contributed by atoms with Crippen molar-refractivity contribution in [1.29, 1.82) is 0 Å². The maximum absolute atomic E-state index is 13.6. The zero-order chi connectivity index (χ0) is 14.1. The van der Waals surface area contributed by atoms with E-state index in [4.69, 9.17) is 5.73 Å². The highest BCUT2D eigenvalue weighted by atomic mass is 19.1. The number of nitrogens with zero attached hydrogens (tertiary/aromatic N) is 3. The summed E-state index contributed by atoms with van der Waals surface area (Å²) >= 11 is 0. The second kappa shape index (κ2) is 5.03. The Morgan fingerprint density at radius 1 is 1.35 bits per heavy atom. The van der Waals surface area contributed by atoms with Gasteiger partial charge in [-0.15, -0.1) is 0 Å². The molecule has 1 unspecified atom stereocenters. The van der Waals surface area contributed by atoms with Crippen LogP contribution in [-0.2, 0) is 6.42 Å². The van der Waals surface area contributed by atoms with Crippen LogP contribution in [0.25, 0.3) is 0 Å². The molecule has 6 heteroatoms. The molecule has 104 valence electrons. The average Bonchev–Trinajstić information content (AvgIpc) is 2.43. The third kappa shape index (κ3) is 2.29. The van der Waals surface area contributed by atoms with Gasteiger partial charge in [-0.2, -0.15) is 4.98 Å². The monoisotopic (exact) mass is 273 g/mol. The normalized spacial score (nSPS) is 17.6. The number of fused-ring (bicyclic) bond motifs is 1. The zero-order valence-electron chi connectivity index (χ0n) is 11.2. The molecule has 2 aromatic rings. The molecule has 1 aromatic carbocycles. The standard InChI is InChI=1S/C14H16FN5/c1-8-9-3-2-4-12(10(9)5-6-11(8)15)19-14-18-7-17-13(16)20-14/h5-7,12H,2-4H2,1H3,(H3,16,17,18,19,20). The summed E-state index contributed by atoms with van der Waals surface area (Å²) < 4.78 is 13.6. The highest BCUT2D eigenvalue weighted by Gasteiger charge is 2.23. The number of hydrogen-bond donors (Lipinski definition) is 2. The summed E-state index contributed by atoms with van der Waals surface area (Å²) in [6, 6.07) is 3.45. The van der Waals surface area contributed by atoms with Crippen molar-refractivity contribution < 1.29 is 4.39 Å². The molecule has 1 aromatic heterocycles. The lowest BCUT2D eigenvalue weighted by Gasteiger charge is -2.27. The summed E-state index contributed by atoms with van der Waals surface area (Å²) in [5.41, 5.74) is 8.50. The van der Waals surface area contributed by atoms with Gasteiger partial charge in [-0.1, -0.05) is 6.07 Å². The fourth-order valence-electron chi connectivity index (χ4n) is 2.73. The van der Waals surface area contributed by atoms with Crippen LogP contribution < -0.4 is 11.1 Å². The summed E-state index contributed by atoms with van der Waals surface area (Å²) in [6.45, 7) is 1.83. The van der Waals surface area contributed by atoms with Crippen molar-refractivity contribution in [2.24, 2.45) is 0 Å². The molecule has 1 heterocycles. The summed E-state index contributed by atoms with van der Waals surface area (Å²) in [6.07, 6.45) is 4.26. The fraction of sp³-hybridized carbons (Fsp3) is 0.357. The predicted molar refractivity (Wildman–Crippen MR) is 74.7 cm³/mol. The Labute approximate surface area is 116 Å². The SMILES string of the molecule is Cc1c(F)ccc2c1CCCC2Nc1ncnc(N)n1. The Hall–Kier alpha value is -2.24. The highest BCUT2D eigenvalue weighted by Crippen LogP contribution is 2.34. The Balaban J connectivity index is 1.92. The number of nitrogen functional groups attached to an aromatic ring is 1. The molecule has 0 saturated carbocycles. The van der Waals surface area contributed by atoms with Crippen LogP contribution in [0.5, 0.6) is 0 Å². The number of nitrogens with two attached hydrogens (primary N) is 1. The van der Waals surface area contributed by atoms with Gasteiger partial charge < -0.3 is 11.1 Å². The first kappa shape index (κ1) is 12.8. The van der Waals surface area contributed by atoms with Gasteiger partial charge in [0.1, 0.15) is 12.1 Å². The zero-order valence-corrected chi connectivity index (χ0v) is 11.2. The first-order valence-electron chi connectivity index (χ1n) is 6.64. The lowest BCUT2D eigenvalue weighted by Crippen LogP contribution is -2.20. The smallest absolute Gasteiger partial charge is 0.227 e. The molecule has 1 aliphatic carbocycles. The molecule has 0 bridgehead atoms. The third-order valence-electron chi connectivity index (χ3n) is 3.76. The van der Waals surface area contributed by atoms with Crippen LogP contribution in [0.1, 0.15) is 35.6 Å². The number of aromatic nitrogens is 3. The van der Waals surface area contributed by atoms with Gasteiger partial charge in [0, 0.05) is 0 Å². The van der Waals surface area contributed by atoms with Crippen molar-refractivity contribution >= 4 is 11.9 Å². The molecule has 3 N–H and O–H groups in total. The van der Waals surface area contributed by atoms with E-state index in [0.717, 1.165) is 36.0 Å². The molecule has 0 radical (unpaired) electrons. The molecule has 0 saturated heterocycles. The van der Waals surface area contributed by atoms with E-state index < -0.39 is 0 Å². The van der Waals surface area contributed by atoms with Crippen LogP contribution in [-0.4, -0.2) is 15.0 Å². The van der Waals surface area contributed by atoms with Crippen molar-refractivity contribution in [1.82, 2.24) is 15.0 Å². The van der Waals surface area contributed by atoms with E-state index in [9.17, 15) is 4.39 Å². The van der Waals surface area contributed by atoms with Crippen LogP contribution in [0.2, 0.25) is 0 Å². The molecule has 0 fully saturated rings. The van der Waals surface area contributed by atoms with Crippen LogP contribution in [0.15, 0.2) is 18.5 Å². The topological polar surface area (TPSA) is 76.7 Å². The molecule has 1 aliphatic rings. The van der Waals surface area contributed by atoms with Gasteiger partial charge in [0.25, 0.3) is 0 Å². The van der Waals surface area contributed by atoms with E-state index in [0.29, 0.717) is 5.95 Å².